The number of benzene rings is 6. The monoisotopic (exact) mass is 1940 g/mol. The van der Waals surface area contributed by atoms with Crippen LogP contribution >= 0.6 is 50.7 Å². The van der Waals surface area contributed by atoms with Gasteiger partial charge in [-0.2, -0.15) is 28.4 Å². The van der Waals surface area contributed by atoms with Gasteiger partial charge in [-0.05, 0) is 142 Å². The fourth-order valence-corrected chi connectivity index (χ4v) is 14.7. The van der Waals surface area contributed by atoms with Gasteiger partial charge in [-0.15, -0.1) is 0 Å². The predicted octanol–water partition coefficient (Wildman–Crippen LogP) is 10.4. The zero-order chi connectivity index (χ0) is 94.5. The number of amides is 6. The molecule has 6 aliphatic rings. The van der Waals surface area contributed by atoms with Crippen molar-refractivity contribution in [3.8, 4) is 80.5 Å². The van der Waals surface area contributed by atoms with Crippen LogP contribution in [0, 0.1) is 45.1 Å². The van der Waals surface area contributed by atoms with Crippen LogP contribution < -0.4 is 127 Å². The number of nitrogens with zero attached hydrogens (tertiary/aromatic N) is 6. The molecule has 0 atom stereocenters. The van der Waals surface area contributed by atoms with Crippen molar-refractivity contribution in [2.75, 3.05) is 55.0 Å². The van der Waals surface area contributed by atoms with Crippen LogP contribution in [0.25, 0.3) is 0 Å². The SMILES string of the molecule is CC(C)c1c[n+]([O-])ccc1C(=O)NCc1ccc2c(c1)OCO2.COc1c[n+]([O-])cc(OC)c1C(=O)NCc1ccc2c(c1)OCO2.Cc1c[n+]([O-])cc(C)c1C(=O)NCc1ccc2c(c1)OCO2.O=C(NCc1ccc2c(c1)OCO2)c1c(Cl)c[n+]([O-])cc1Cl.O=C(NCc1ccc2c(c1)OCO2)c1cc[n+]([O-])cc1Br.O=C(NCc1ccc2c(c1)OCO2)c1cc[n+]([O-])cc1Cl. The average molecular weight is 1950 g/mol. The summed E-state index contributed by atoms with van der Waals surface area (Å²) < 4.78 is 77.4. The molecule has 0 aliphatic carbocycles. The molecule has 6 aliphatic heterocycles. The van der Waals surface area contributed by atoms with Gasteiger partial charge in [0.1, 0.15) is 20.6 Å². The molecule has 12 aromatic rings. The van der Waals surface area contributed by atoms with Crippen molar-refractivity contribution in [2.45, 2.75) is 72.9 Å². The first kappa shape index (κ1) is 95.0. The molecule has 133 heavy (non-hydrogen) atoms. The maximum Gasteiger partial charge on any atom is 0.259 e. The van der Waals surface area contributed by atoms with Crippen LogP contribution in [-0.2, 0) is 39.3 Å². The Hall–Kier alpha value is -15.6. The molecule has 0 saturated carbocycles. The fraction of sp³-hybridized carbons (Fsp3) is 0.209. The van der Waals surface area contributed by atoms with Gasteiger partial charge in [0.05, 0.1) is 46.5 Å². The summed E-state index contributed by atoms with van der Waals surface area (Å²) in [7, 11) is 2.76. The van der Waals surface area contributed by atoms with Gasteiger partial charge in [0.15, 0.2) is 131 Å². The van der Waals surface area contributed by atoms with Gasteiger partial charge < -0.3 is 129 Å². The number of halogens is 4. The highest BCUT2D eigenvalue weighted by Gasteiger charge is 2.28. The summed E-state index contributed by atoms with van der Waals surface area (Å²) >= 11 is 20.8. The third-order valence-corrected chi connectivity index (χ3v) is 21.4. The Labute approximate surface area is 781 Å². The number of aryl methyl sites for hydroxylation is 2. The van der Waals surface area contributed by atoms with Crippen LogP contribution in [0.1, 0.15) is 132 Å². The van der Waals surface area contributed by atoms with E-state index in [1.165, 1.54) is 69.7 Å². The molecular weight excluding hydrogens is 1860 g/mol. The third kappa shape index (κ3) is 24.9. The fourth-order valence-electron chi connectivity index (χ4n) is 13.4. The summed E-state index contributed by atoms with van der Waals surface area (Å²) in [4.78, 5) is 73.5. The molecule has 0 unspecified atom stereocenters. The van der Waals surface area contributed by atoms with Crippen LogP contribution in [0.15, 0.2) is 206 Å². The number of methoxy groups -OCH3 is 2. The normalized spacial score (nSPS) is 12.2. The van der Waals surface area contributed by atoms with E-state index in [4.69, 9.17) is 101 Å². The summed E-state index contributed by atoms with van der Waals surface area (Å²) in [6.45, 7) is 10.6. The molecule has 0 saturated heterocycles. The van der Waals surface area contributed by atoms with E-state index in [-0.39, 0.29) is 127 Å². The van der Waals surface area contributed by atoms with E-state index in [0.29, 0.717) is 156 Å². The number of rotatable bonds is 21. The maximum absolute atomic E-state index is 12.5. The Bertz CT molecular complexity index is 6060. The topological polar surface area (TPSA) is 465 Å². The Kier molecular flexibility index (Phi) is 31.5. The van der Waals surface area contributed by atoms with Gasteiger partial charge in [0, 0.05) is 74.2 Å². The van der Waals surface area contributed by atoms with Crippen molar-refractivity contribution in [1.29, 1.82) is 0 Å². The quantitative estimate of drug-likeness (QED) is 0.0287. The van der Waals surface area contributed by atoms with Crippen LogP contribution in [0.2, 0.25) is 15.1 Å². The highest BCUT2D eigenvalue weighted by Crippen LogP contribution is 2.39. The lowest BCUT2D eigenvalue weighted by Crippen LogP contribution is -2.30. The molecular formula is C91H82BrCl3N12O26. The minimum atomic E-state index is -0.465. The average Bonchev–Trinajstić information content (AvgIpc) is 1.73. The van der Waals surface area contributed by atoms with Crippen LogP contribution in [-0.4, -0.2) is 90.4 Å². The minimum absolute atomic E-state index is 0.00862. The van der Waals surface area contributed by atoms with Crippen molar-refractivity contribution < 1.29 is 123 Å². The largest absolute Gasteiger partial charge is 0.619 e. The van der Waals surface area contributed by atoms with Gasteiger partial charge in [0.25, 0.3) is 35.4 Å². The number of carbonyl (C=O) groups is 6. The Morgan fingerprint density at radius 2 is 0.586 bits per heavy atom. The number of pyridine rings is 6. The van der Waals surface area contributed by atoms with E-state index >= 15 is 0 Å². The summed E-state index contributed by atoms with van der Waals surface area (Å²) in [5.74, 6) is 6.61. The summed E-state index contributed by atoms with van der Waals surface area (Å²) in [6.07, 6.45) is 15.0. The molecule has 42 heteroatoms. The Morgan fingerprint density at radius 1 is 0.323 bits per heavy atom. The molecule has 6 aromatic heterocycles. The van der Waals surface area contributed by atoms with E-state index in [1.54, 1.807) is 56.3 Å². The smallest absolute Gasteiger partial charge is 0.259 e. The zero-order valence-electron chi connectivity index (χ0n) is 71.4. The molecule has 0 bridgehead atoms. The highest BCUT2D eigenvalue weighted by molar-refractivity contribution is 9.10. The van der Waals surface area contributed by atoms with Crippen LogP contribution in [0.3, 0.4) is 0 Å². The van der Waals surface area contributed by atoms with Crippen LogP contribution in [0.5, 0.6) is 80.5 Å². The first-order chi connectivity index (χ1) is 64.0. The molecule has 0 radical (unpaired) electrons. The van der Waals surface area contributed by atoms with Gasteiger partial charge in [0.2, 0.25) is 64.7 Å². The minimum Gasteiger partial charge on any atom is -0.619 e. The van der Waals surface area contributed by atoms with E-state index in [0.717, 1.165) is 69.9 Å². The molecule has 6 N–H and O–H groups in total. The van der Waals surface area contributed by atoms with E-state index in [9.17, 15) is 60.0 Å². The Morgan fingerprint density at radius 3 is 0.917 bits per heavy atom. The summed E-state index contributed by atoms with van der Waals surface area (Å²) in [5, 5.41) is 84.3. The lowest BCUT2D eigenvalue weighted by atomic mass is 9.99. The van der Waals surface area contributed by atoms with Crippen molar-refractivity contribution in [3.05, 3.63) is 336 Å². The molecule has 6 amide bonds. The number of hydrogen-bond acceptors (Lipinski definition) is 26. The van der Waals surface area contributed by atoms with Crippen molar-refractivity contribution >= 4 is 86.2 Å². The second-order valence-corrected chi connectivity index (χ2v) is 31.4. The lowest BCUT2D eigenvalue weighted by Gasteiger charge is -2.12. The van der Waals surface area contributed by atoms with Gasteiger partial charge in [-0.25, -0.2) is 0 Å². The molecule has 18 rings (SSSR count). The number of carbonyl (C=O) groups excluding carboxylic acids is 6. The van der Waals surface area contributed by atoms with Gasteiger partial charge in [-0.1, -0.05) is 85.0 Å². The first-order valence-electron chi connectivity index (χ1n) is 40.1. The first-order valence-corrected chi connectivity index (χ1v) is 42.1. The molecule has 0 fully saturated rings. The molecule has 38 nitrogen and oxygen atoms in total. The zero-order valence-corrected chi connectivity index (χ0v) is 75.3. The van der Waals surface area contributed by atoms with Crippen molar-refractivity contribution in [2.24, 2.45) is 0 Å². The predicted molar refractivity (Wildman–Crippen MR) is 474 cm³/mol. The van der Waals surface area contributed by atoms with Gasteiger partial charge in [-0.3, -0.25) is 28.8 Å². The maximum atomic E-state index is 12.5. The number of ether oxygens (including phenoxy) is 14. The van der Waals surface area contributed by atoms with Crippen LogP contribution in [0.4, 0.5) is 0 Å². The number of hydrogen-bond donors (Lipinski definition) is 6. The van der Waals surface area contributed by atoms with Gasteiger partial charge >= 0.3 is 0 Å². The second kappa shape index (κ2) is 44.1. The Balaban J connectivity index is 0.000000136. The summed E-state index contributed by atoms with van der Waals surface area (Å²) in [6, 6.07) is 37.2. The highest BCUT2D eigenvalue weighted by atomic mass is 79.9. The summed E-state index contributed by atoms with van der Waals surface area (Å²) in [5.41, 5.74) is 9.27. The molecule has 6 aromatic carbocycles. The standard InChI is InChI=1S/C17H18N2O4.C16H16N2O6.C16H16N2O4.C14H11BrN2O4.C14H10Cl2N2O4.C14H11ClN2O4/c1-11(2)14-9-19(21)6-5-13(14)17(20)18-8-12-3-4-15-16(7-12)23-10-22-15;1-21-13-7-18(20)8-14(22-2)15(13)16(19)17-6-10-3-4-11-12(5-10)24-9-23-11;1-10-7-18(20)8-11(2)15(10)16(19)17-6-12-3-4-13-14(5-12)22-9-21-13;15-11-7-17(19)4-3-10(11)14(18)16-6-9-1-2-12-13(5-9)21-8-20-12;15-9-5-18(20)6-10(16)13(9)14(19)17-4-8-1-2-11-12(3-8)22-7-21-11;15-11-7-17(19)4-3-10(11)14(18)16-6-9-1-2-12-13(5-9)21-8-20-12/h3-7,9,11H,8,10H2,1-2H3,(H,18,20);3-5,7-8H,6,9H2,1-2H3,(H,17,19);3-5,7-8H,6,9H2,1-2H3,(H,17,19);1-5,7H,6,8H2,(H,16,18);1-3,5-6H,4,7H2,(H,17,19);1-5,7H,6,8H2,(H,16,18). The number of aromatic nitrogens is 6. The molecule has 690 valence electrons. The lowest BCUT2D eigenvalue weighted by molar-refractivity contribution is -0.606. The number of nitrogens with one attached hydrogen (secondary N) is 6. The second-order valence-electron chi connectivity index (χ2n) is 29.4. The molecule has 0 spiro atoms. The van der Waals surface area contributed by atoms with E-state index < -0.39 is 11.8 Å². The van der Waals surface area contributed by atoms with E-state index in [1.807, 2.05) is 86.6 Å². The van der Waals surface area contributed by atoms with Crippen molar-refractivity contribution in [1.82, 2.24) is 31.9 Å². The third-order valence-electron chi connectivity index (χ3n) is 19.9. The molecule has 12 heterocycles. The van der Waals surface area contributed by atoms with Crippen molar-refractivity contribution in [3.63, 3.8) is 0 Å². The number of fused-ring (bicyclic) bond motifs is 6. The van der Waals surface area contributed by atoms with E-state index in [2.05, 4.69) is 47.8 Å².